The van der Waals surface area contributed by atoms with Crippen LogP contribution in [0.4, 0.5) is 11.4 Å². The molecular weight excluding hydrogens is 362 g/mol. The molecule has 1 saturated heterocycles. The monoisotopic (exact) mass is 387 g/mol. The molecule has 2 N–H and O–H groups in total. The molecule has 0 aliphatic carbocycles. The number of rotatable bonds is 6. The topological polar surface area (TPSA) is 78.5 Å². The van der Waals surface area contributed by atoms with Crippen LogP contribution in [0.2, 0.25) is 0 Å². The minimum Gasteiger partial charge on any atom is -0.325 e. The van der Waals surface area contributed by atoms with Crippen molar-refractivity contribution in [3.05, 3.63) is 54.6 Å². The van der Waals surface area contributed by atoms with E-state index in [4.69, 9.17) is 0 Å². The molecular formula is C20H25N3O3S. The Morgan fingerprint density at radius 1 is 0.852 bits per heavy atom. The SMILES string of the molecule is O=C(CN1CCCCCC1)Nc1ccc(S(=O)(=O)Nc2ccccc2)cc1. The Labute approximate surface area is 160 Å². The van der Waals surface area contributed by atoms with Gasteiger partial charge in [0.25, 0.3) is 10.0 Å². The average Bonchev–Trinajstić information content (AvgIpc) is 2.91. The highest BCUT2D eigenvalue weighted by Crippen LogP contribution is 2.18. The molecule has 0 spiro atoms. The summed E-state index contributed by atoms with van der Waals surface area (Å²) in [4.78, 5) is 14.6. The largest absolute Gasteiger partial charge is 0.325 e. The quantitative estimate of drug-likeness (QED) is 0.797. The summed E-state index contributed by atoms with van der Waals surface area (Å²) in [6, 6.07) is 14.9. The Kier molecular flexibility index (Phi) is 6.47. The number of amides is 1. The standard InChI is InChI=1S/C20H25N3O3S/c24-20(16-23-14-6-1-2-7-15-23)21-17-10-12-19(13-11-17)27(25,26)22-18-8-4-3-5-9-18/h3-5,8-13,22H,1-2,6-7,14-16H2,(H,21,24). The molecule has 0 saturated carbocycles. The second kappa shape index (κ2) is 9.01. The van der Waals surface area contributed by atoms with E-state index in [2.05, 4.69) is 14.9 Å². The number of hydrogen-bond donors (Lipinski definition) is 2. The van der Waals surface area contributed by atoms with E-state index in [0.29, 0.717) is 17.9 Å². The zero-order valence-electron chi connectivity index (χ0n) is 15.2. The predicted octanol–water partition coefficient (Wildman–Crippen LogP) is 3.30. The van der Waals surface area contributed by atoms with Crippen molar-refractivity contribution >= 4 is 27.3 Å². The highest BCUT2D eigenvalue weighted by molar-refractivity contribution is 7.92. The fourth-order valence-electron chi connectivity index (χ4n) is 3.14. The van der Waals surface area contributed by atoms with Crippen molar-refractivity contribution in [1.82, 2.24) is 4.90 Å². The van der Waals surface area contributed by atoms with Crippen molar-refractivity contribution in [2.24, 2.45) is 0 Å². The first kappa shape index (κ1) is 19.4. The Bertz CT molecular complexity index is 844. The first-order valence-corrected chi connectivity index (χ1v) is 10.7. The number of benzene rings is 2. The number of sulfonamides is 1. The molecule has 1 amide bonds. The first-order valence-electron chi connectivity index (χ1n) is 9.23. The summed E-state index contributed by atoms with van der Waals surface area (Å²) >= 11 is 0. The number of hydrogen-bond acceptors (Lipinski definition) is 4. The number of likely N-dealkylation sites (tertiary alicyclic amines) is 1. The summed E-state index contributed by atoms with van der Waals surface area (Å²) in [6.07, 6.45) is 4.72. The van der Waals surface area contributed by atoms with Crippen LogP contribution in [-0.2, 0) is 14.8 Å². The van der Waals surface area contributed by atoms with Gasteiger partial charge in [-0.2, -0.15) is 0 Å². The van der Waals surface area contributed by atoms with E-state index >= 15 is 0 Å². The second-order valence-electron chi connectivity index (χ2n) is 6.73. The molecule has 3 rings (SSSR count). The molecule has 1 aliphatic heterocycles. The van der Waals surface area contributed by atoms with Crippen LogP contribution in [0.1, 0.15) is 25.7 Å². The maximum Gasteiger partial charge on any atom is 0.261 e. The molecule has 0 atom stereocenters. The minimum atomic E-state index is -3.66. The van der Waals surface area contributed by atoms with Crippen LogP contribution in [0.5, 0.6) is 0 Å². The fraction of sp³-hybridized carbons (Fsp3) is 0.350. The van der Waals surface area contributed by atoms with Gasteiger partial charge in [-0.1, -0.05) is 31.0 Å². The molecule has 144 valence electrons. The molecule has 2 aromatic carbocycles. The Morgan fingerprint density at radius 3 is 2.11 bits per heavy atom. The number of nitrogens with one attached hydrogen (secondary N) is 2. The van der Waals surface area contributed by atoms with E-state index in [9.17, 15) is 13.2 Å². The molecule has 1 fully saturated rings. The van der Waals surface area contributed by atoms with Gasteiger partial charge in [0.15, 0.2) is 0 Å². The van der Waals surface area contributed by atoms with E-state index in [1.165, 1.54) is 25.0 Å². The van der Waals surface area contributed by atoms with E-state index < -0.39 is 10.0 Å². The van der Waals surface area contributed by atoms with Crippen molar-refractivity contribution in [2.75, 3.05) is 29.7 Å². The molecule has 7 heteroatoms. The Balaban J connectivity index is 1.58. The lowest BCUT2D eigenvalue weighted by atomic mass is 10.2. The van der Waals surface area contributed by atoms with Gasteiger partial charge in [0.05, 0.1) is 11.4 Å². The maximum absolute atomic E-state index is 12.4. The van der Waals surface area contributed by atoms with Crippen LogP contribution in [0.25, 0.3) is 0 Å². The van der Waals surface area contributed by atoms with E-state index in [-0.39, 0.29) is 10.8 Å². The zero-order valence-corrected chi connectivity index (χ0v) is 16.0. The van der Waals surface area contributed by atoms with Crippen LogP contribution >= 0.6 is 0 Å². The predicted molar refractivity (Wildman–Crippen MR) is 107 cm³/mol. The molecule has 6 nitrogen and oxygen atoms in total. The zero-order chi connectivity index (χ0) is 19.1. The normalized spacial score (nSPS) is 15.7. The van der Waals surface area contributed by atoms with Gasteiger partial charge in [-0.25, -0.2) is 8.42 Å². The number of carbonyl (C=O) groups is 1. The lowest BCUT2D eigenvalue weighted by Gasteiger charge is -2.19. The molecule has 0 bridgehead atoms. The second-order valence-corrected chi connectivity index (χ2v) is 8.42. The van der Waals surface area contributed by atoms with Crippen LogP contribution in [-0.4, -0.2) is 38.9 Å². The smallest absolute Gasteiger partial charge is 0.261 e. The van der Waals surface area contributed by atoms with E-state index in [0.717, 1.165) is 25.9 Å². The van der Waals surface area contributed by atoms with Gasteiger partial charge in [-0.05, 0) is 62.3 Å². The number of anilines is 2. The summed E-state index contributed by atoms with van der Waals surface area (Å²) < 4.78 is 27.4. The van der Waals surface area contributed by atoms with Gasteiger partial charge < -0.3 is 5.32 Å². The maximum atomic E-state index is 12.4. The van der Waals surface area contributed by atoms with Crippen molar-refractivity contribution in [3.8, 4) is 0 Å². The average molecular weight is 388 g/mol. The van der Waals surface area contributed by atoms with Gasteiger partial charge in [-0.15, -0.1) is 0 Å². The van der Waals surface area contributed by atoms with Gasteiger partial charge in [0.2, 0.25) is 5.91 Å². The summed E-state index contributed by atoms with van der Waals surface area (Å²) in [7, 11) is -3.66. The highest BCUT2D eigenvalue weighted by Gasteiger charge is 2.15. The highest BCUT2D eigenvalue weighted by atomic mass is 32.2. The number of carbonyl (C=O) groups excluding carboxylic acids is 1. The van der Waals surface area contributed by atoms with Gasteiger partial charge in [0, 0.05) is 11.4 Å². The molecule has 1 heterocycles. The van der Waals surface area contributed by atoms with Crippen molar-refractivity contribution in [1.29, 1.82) is 0 Å². The Hall–Kier alpha value is -2.38. The molecule has 2 aromatic rings. The molecule has 0 unspecified atom stereocenters. The Morgan fingerprint density at radius 2 is 1.48 bits per heavy atom. The lowest BCUT2D eigenvalue weighted by Crippen LogP contribution is -2.33. The van der Waals surface area contributed by atoms with E-state index in [1.54, 1.807) is 36.4 Å². The first-order chi connectivity index (χ1) is 13.0. The summed E-state index contributed by atoms with van der Waals surface area (Å²) in [6.45, 7) is 2.28. The summed E-state index contributed by atoms with van der Waals surface area (Å²) in [5.41, 5.74) is 1.10. The summed E-state index contributed by atoms with van der Waals surface area (Å²) in [5.74, 6) is -0.0742. The van der Waals surface area contributed by atoms with Gasteiger partial charge in [0.1, 0.15) is 0 Å². The number of para-hydroxylation sites is 1. The van der Waals surface area contributed by atoms with Crippen molar-refractivity contribution in [2.45, 2.75) is 30.6 Å². The third-order valence-corrected chi connectivity index (χ3v) is 5.94. The van der Waals surface area contributed by atoms with Crippen molar-refractivity contribution in [3.63, 3.8) is 0 Å². The molecule has 27 heavy (non-hydrogen) atoms. The van der Waals surface area contributed by atoms with Gasteiger partial charge >= 0.3 is 0 Å². The molecule has 1 aliphatic rings. The van der Waals surface area contributed by atoms with Crippen LogP contribution in [0.15, 0.2) is 59.5 Å². The summed E-state index contributed by atoms with van der Waals surface area (Å²) in [5, 5.41) is 2.84. The third kappa shape index (κ3) is 5.80. The number of nitrogens with zero attached hydrogens (tertiary/aromatic N) is 1. The molecule has 0 aromatic heterocycles. The van der Waals surface area contributed by atoms with Gasteiger partial charge in [-0.3, -0.25) is 14.4 Å². The lowest BCUT2D eigenvalue weighted by molar-refractivity contribution is -0.117. The van der Waals surface area contributed by atoms with Crippen LogP contribution in [0.3, 0.4) is 0 Å². The van der Waals surface area contributed by atoms with E-state index in [1.807, 2.05) is 6.07 Å². The van der Waals surface area contributed by atoms with Crippen molar-refractivity contribution < 1.29 is 13.2 Å². The minimum absolute atomic E-state index is 0.0742. The third-order valence-electron chi connectivity index (χ3n) is 4.54. The fourth-order valence-corrected chi connectivity index (χ4v) is 4.19. The molecule has 0 radical (unpaired) electrons. The van der Waals surface area contributed by atoms with Crippen LogP contribution in [0, 0.1) is 0 Å². The van der Waals surface area contributed by atoms with Crippen LogP contribution < -0.4 is 10.0 Å².